The zero-order valence-electron chi connectivity index (χ0n) is 59.6. The molecule has 28 nitrogen and oxygen atoms in total. The highest BCUT2D eigenvalue weighted by Crippen LogP contribution is 2.41. The average Bonchev–Trinajstić information content (AvgIpc) is 1.70. The monoisotopic (exact) mass is 1440 g/mol. The lowest BCUT2D eigenvalue weighted by Gasteiger charge is -2.37. The summed E-state index contributed by atoms with van der Waals surface area (Å²) in [6.07, 6.45) is 5.92. The number of esters is 1. The summed E-state index contributed by atoms with van der Waals surface area (Å²) in [6, 6.07) is 30.5. The Morgan fingerprint density at radius 1 is 0.638 bits per heavy atom. The van der Waals surface area contributed by atoms with Gasteiger partial charge in [0, 0.05) is 62.1 Å². The summed E-state index contributed by atoms with van der Waals surface area (Å²) < 4.78 is 6.93. The van der Waals surface area contributed by atoms with Gasteiger partial charge >= 0.3 is 5.97 Å². The Kier molecular flexibility index (Phi) is 27.1. The van der Waals surface area contributed by atoms with E-state index < -0.39 is 120 Å². The largest absolute Gasteiger partial charge is 0.508 e. The van der Waals surface area contributed by atoms with Gasteiger partial charge in [-0.05, 0) is 103 Å². The van der Waals surface area contributed by atoms with Gasteiger partial charge in [-0.2, -0.15) is 0 Å². The summed E-state index contributed by atoms with van der Waals surface area (Å²) >= 11 is 0. The number of nitrogens with one attached hydrogen (secondary N) is 11. The number of aromatic hydroxyl groups is 1. The minimum Gasteiger partial charge on any atom is -0.508 e. The van der Waals surface area contributed by atoms with Crippen LogP contribution in [0.4, 0.5) is 0 Å². The highest BCUT2D eigenvalue weighted by molar-refractivity contribution is 5.99. The molecular weight excluding hydrogens is 1340 g/mol. The number of imidazole rings is 1. The summed E-state index contributed by atoms with van der Waals surface area (Å²) in [5.41, 5.74) is 9.22. The van der Waals surface area contributed by atoms with Gasteiger partial charge in [-0.25, -0.2) is 9.78 Å². The number of aliphatic hydroxyl groups is 1. The highest BCUT2D eigenvalue weighted by Gasteiger charge is 2.42. The number of H-pyrrole nitrogens is 1. The van der Waals surface area contributed by atoms with Gasteiger partial charge < -0.3 is 83.0 Å². The lowest BCUT2D eigenvalue weighted by molar-refractivity contribution is -0.152. The van der Waals surface area contributed by atoms with Crippen molar-refractivity contribution in [2.45, 2.75) is 158 Å². The van der Waals surface area contributed by atoms with E-state index >= 15 is 9.59 Å². The van der Waals surface area contributed by atoms with Crippen molar-refractivity contribution in [2.75, 3.05) is 26.8 Å². The molecule has 2 aliphatic rings. The molecule has 0 radical (unpaired) electrons. The Morgan fingerprint density at radius 2 is 1.14 bits per heavy atom. The van der Waals surface area contributed by atoms with Crippen LogP contribution in [0, 0.1) is 17.2 Å². The normalized spacial score (nSPS) is 16.3. The van der Waals surface area contributed by atoms with Crippen molar-refractivity contribution in [2.24, 2.45) is 17.6 Å². The highest BCUT2D eigenvalue weighted by atomic mass is 16.5. The molecule has 0 spiro atoms. The third-order valence-corrected chi connectivity index (χ3v) is 18.8. The molecule has 28 heteroatoms. The van der Waals surface area contributed by atoms with Crippen LogP contribution in [0.1, 0.15) is 113 Å². The maximum absolute atomic E-state index is 15.3. The van der Waals surface area contributed by atoms with E-state index in [4.69, 9.17) is 20.9 Å². The first kappa shape index (κ1) is 77.7. The topological polar surface area (TPSA) is 415 Å². The fourth-order valence-corrected chi connectivity index (χ4v) is 13.6. The number of rotatable bonds is 35. The third-order valence-electron chi connectivity index (χ3n) is 18.8. The standard InChI is InChI=1S/C77H95N15O13/c1-46(2)37-59(68(97)84-58(27-17-35-80-76(78)79)74(103)92-36-18-28-65(92)75(104)105-5)85-69(98)60(38-47(3)4)86-70(99)61(39-48-29-31-54(94)32-30-48)87-73(102)64(44-93)90-71(100)62(40-49-42-81-56-26-16-15-25-55(49)56)88-72(101)63(89-67(96)57-33-34-66(95)83-57)41-53-43-91(45-82-53)77(50-19-9-6-10-20-50,51-21-11-7-12-22-51)52-23-13-8-14-24-52/h6-16,19-26,29-32,42-43,45-47,57-65,81,93-94H,17-18,27-28,33-41,44H2,1-5H3,(H,83,95)(H,84,97)(H,85,98)(H,86,99)(H,87,102)(H,88,101)(H,89,96)(H,90,100)(H4,78,79,80)/t57-,58-,59-,60+,61-,62-,63-,64-,65-/m0/s1. The molecule has 5 aromatic carbocycles. The van der Waals surface area contributed by atoms with E-state index in [1.807, 2.05) is 128 Å². The first-order valence-corrected chi connectivity index (χ1v) is 35.5. The quantitative estimate of drug-likeness (QED) is 0.00892. The number of fused-ring (bicyclic) bond motifs is 1. The van der Waals surface area contributed by atoms with Crippen LogP contribution < -0.4 is 53.6 Å². The molecule has 105 heavy (non-hydrogen) atoms. The molecular formula is C77H95N15O13. The van der Waals surface area contributed by atoms with Crippen LogP contribution in [-0.2, 0) is 77.5 Å². The number of phenols is 1. The molecule has 0 aliphatic carbocycles. The van der Waals surface area contributed by atoms with Crippen molar-refractivity contribution in [1.29, 1.82) is 5.41 Å². The predicted molar refractivity (Wildman–Crippen MR) is 391 cm³/mol. The van der Waals surface area contributed by atoms with Crippen LogP contribution in [0.3, 0.4) is 0 Å². The molecule has 15 N–H and O–H groups in total. The Bertz CT molecular complexity index is 4070. The summed E-state index contributed by atoms with van der Waals surface area (Å²) in [4.78, 5) is 152. The molecule has 0 unspecified atom stereocenters. The van der Waals surface area contributed by atoms with Crippen LogP contribution in [-0.4, -0.2) is 176 Å². The van der Waals surface area contributed by atoms with Crippen molar-refractivity contribution >= 4 is 76.0 Å². The smallest absolute Gasteiger partial charge is 0.328 e. The van der Waals surface area contributed by atoms with Gasteiger partial charge in [0.25, 0.3) is 0 Å². The van der Waals surface area contributed by atoms with E-state index in [-0.39, 0.29) is 100 Å². The second-order valence-corrected chi connectivity index (χ2v) is 27.4. The molecule has 4 heterocycles. The minimum absolute atomic E-state index is 0.0167. The number of carbonyl (C=O) groups excluding carboxylic acids is 10. The van der Waals surface area contributed by atoms with Gasteiger partial charge in [0.2, 0.25) is 53.2 Å². The first-order chi connectivity index (χ1) is 50.4. The van der Waals surface area contributed by atoms with Gasteiger partial charge in [-0.1, -0.05) is 149 Å². The number of amides is 9. The molecule has 556 valence electrons. The fourth-order valence-electron chi connectivity index (χ4n) is 13.6. The van der Waals surface area contributed by atoms with Crippen molar-refractivity contribution < 1.29 is 62.9 Å². The molecule has 9 rings (SSSR count). The van der Waals surface area contributed by atoms with Gasteiger partial charge in [0.1, 0.15) is 65.7 Å². The minimum atomic E-state index is -1.80. The number of hydrogen-bond acceptors (Lipinski definition) is 15. The summed E-state index contributed by atoms with van der Waals surface area (Å²) in [6.45, 7) is 6.63. The number of methoxy groups -OCH3 is 1. The number of hydrogen-bond donors (Lipinski definition) is 14. The van der Waals surface area contributed by atoms with Gasteiger partial charge in [0.15, 0.2) is 5.96 Å². The SMILES string of the molecule is COC(=O)[C@@H]1CCCN1C(=O)[C@H](CCCNC(=N)N)NC(=O)[C@H](CC(C)C)NC(=O)[C@@H](CC(C)C)NC(=O)[C@H](Cc1ccc(O)cc1)NC(=O)[C@H](CO)NC(=O)[C@H](Cc1c[nH]c2ccccc12)NC(=O)[C@H](Cc1cn(C(c2ccccc2)(c2ccccc2)c2ccccc2)cn1)NC(=O)[C@@H]1CCC(=O)N1. The molecule has 2 aromatic heterocycles. The van der Waals surface area contributed by atoms with Crippen LogP contribution in [0.2, 0.25) is 0 Å². The zero-order chi connectivity index (χ0) is 75.3. The van der Waals surface area contributed by atoms with Crippen molar-refractivity contribution in [3.05, 3.63) is 192 Å². The number of aliphatic hydroxyl groups excluding tert-OH is 1. The molecule has 7 aromatic rings. The van der Waals surface area contributed by atoms with Gasteiger partial charge in [-0.15, -0.1) is 0 Å². The molecule has 2 aliphatic heterocycles. The van der Waals surface area contributed by atoms with Crippen LogP contribution in [0.5, 0.6) is 5.75 Å². The van der Waals surface area contributed by atoms with E-state index in [0.717, 1.165) is 16.7 Å². The second kappa shape index (κ2) is 36.6. The van der Waals surface area contributed by atoms with Crippen LogP contribution in [0.25, 0.3) is 10.9 Å². The molecule has 9 amide bonds. The lowest BCUT2D eigenvalue weighted by Crippen LogP contribution is -2.61. The maximum atomic E-state index is 15.3. The van der Waals surface area contributed by atoms with Crippen molar-refractivity contribution in [3.8, 4) is 5.75 Å². The molecule has 2 fully saturated rings. The Morgan fingerprint density at radius 3 is 1.68 bits per heavy atom. The molecule has 2 saturated heterocycles. The number of phenolic OH excluding ortho intramolecular Hbond substituents is 1. The number of benzene rings is 5. The first-order valence-electron chi connectivity index (χ1n) is 35.5. The number of ether oxygens (including phenoxy) is 1. The number of nitrogens with zero attached hydrogens (tertiary/aromatic N) is 3. The van der Waals surface area contributed by atoms with E-state index in [1.54, 1.807) is 38.6 Å². The van der Waals surface area contributed by atoms with Gasteiger partial charge in [0.05, 0.1) is 25.7 Å². The Balaban J connectivity index is 0.973. The number of para-hydroxylation sites is 1. The predicted octanol–water partition coefficient (Wildman–Crippen LogP) is 3.12. The second-order valence-electron chi connectivity index (χ2n) is 27.4. The molecule has 9 atom stereocenters. The number of likely N-dealkylation sites (tertiary alicyclic amines) is 1. The number of aromatic amines is 1. The average molecular weight is 1440 g/mol. The number of aromatic nitrogens is 3. The summed E-state index contributed by atoms with van der Waals surface area (Å²) in [7, 11) is 1.22. The van der Waals surface area contributed by atoms with Gasteiger partial charge in [-0.3, -0.25) is 48.6 Å². The zero-order valence-corrected chi connectivity index (χ0v) is 59.6. The van der Waals surface area contributed by atoms with E-state index in [2.05, 4.69) is 52.8 Å². The van der Waals surface area contributed by atoms with Crippen molar-refractivity contribution in [3.63, 3.8) is 0 Å². The molecule has 0 bridgehead atoms. The third kappa shape index (κ3) is 20.3. The number of guanidine groups is 1. The maximum Gasteiger partial charge on any atom is 0.328 e. The Labute approximate surface area is 609 Å². The van der Waals surface area contributed by atoms with Crippen molar-refractivity contribution in [1.82, 2.24) is 67.3 Å². The Hall–Kier alpha value is -11.4. The fraction of sp³-hybridized carbons (Fsp3) is 0.403. The summed E-state index contributed by atoms with van der Waals surface area (Å²) in [5, 5.41) is 54.2. The van der Waals surface area contributed by atoms with Crippen LogP contribution in [0.15, 0.2) is 158 Å². The van der Waals surface area contributed by atoms with E-state index in [0.29, 0.717) is 40.6 Å². The van der Waals surface area contributed by atoms with E-state index in [9.17, 15) is 48.6 Å². The summed E-state index contributed by atoms with van der Waals surface area (Å²) in [5.74, 6) is -8.30. The molecule has 0 saturated carbocycles. The van der Waals surface area contributed by atoms with E-state index in [1.165, 1.54) is 36.3 Å². The number of carbonyl (C=O) groups is 10. The number of nitrogens with two attached hydrogens (primary N) is 1. The van der Waals surface area contributed by atoms with Crippen LogP contribution >= 0.6 is 0 Å². The lowest BCUT2D eigenvalue weighted by atomic mass is 9.77.